The fraction of sp³-hybridized carbons (Fsp3) is 0.256. The van der Waals surface area contributed by atoms with Crippen molar-refractivity contribution in [3.63, 3.8) is 0 Å². The van der Waals surface area contributed by atoms with E-state index in [0.717, 1.165) is 80.7 Å². The predicted octanol–water partition coefficient (Wildman–Crippen LogP) is 7.58. The van der Waals surface area contributed by atoms with Crippen LogP contribution in [0.15, 0.2) is 95.8 Å². The van der Waals surface area contributed by atoms with Crippen LogP contribution in [0.4, 0.5) is 5.69 Å². The Morgan fingerprint density at radius 2 is 1.43 bits per heavy atom. The fourth-order valence-corrected chi connectivity index (χ4v) is 6.78. The van der Waals surface area contributed by atoms with Crippen molar-refractivity contribution in [3.8, 4) is 0 Å². The quantitative estimate of drug-likeness (QED) is 0.117. The van der Waals surface area contributed by atoms with Gasteiger partial charge in [-0.25, -0.2) is 0 Å². The van der Waals surface area contributed by atoms with Crippen LogP contribution >= 0.6 is 0 Å². The molecule has 0 unspecified atom stereocenters. The predicted molar refractivity (Wildman–Crippen MR) is 179 cm³/mol. The molecule has 2 aliphatic rings. The number of carbonyl (C=O) groups is 2. The Morgan fingerprint density at radius 1 is 0.773 bits per heavy atom. The third-order valence-corrected chi connectivity index (χ3v) is 9.11. The smallest absolute Gasteiger partial charge is 0.237 e. The Kier molecular flexibility index (Phi) is 6.84. The molecule has 220 valence electrons. The number of aryl methyl sites for hydroxylation is 1. The number of aromatic nitrogens is 1. The van der Waals surface area contributed by atoms with Crippen LogP contribution in [0.5, 0.6) is 0 Å². The minimum Gasteiger partial charge on any atom is -0.506 e. The largest absolute Gasteiger partial charge is 0.506 e. The SMILES string of the molecule is CC(C)CCn1c(=CC2=C(O)C(=CC3=[N+](CCC(C)C)c4cccc5cccc3c45)C(=O)C2=O)c2cccc3cccc1c32. The maximum atomic E-state index is 13.6. The second-order valence-electron chi connectivity index (χ2n) is 12.9. The molecule has 5 nitrogen and oxygen atoms in total. The van der Waals surface area contributed by atoms with Crippen molar-refractivity contribution in [1.29, 1.82) is 0 Å². The van der Waals surface area contributed by atoms with E-state index in [2.05, 4.69) is 97.5 Å². The van der Waals surface area contributed by atoms with Gasteiger partial charge in [-0.3, -0.25) is 9.59 Å². The molecule has 1 N–H and O–H groups in total. The summed E-state index contributed by atoms with van der Waals surface area (Å²) in [7, 11) is 0. The summed E-state index contributed by atoms with van der Waals surface area (Å²) in [5.74, 6) is -0.607. The Labute approximate surface area is 257 Å². The van der Waals surface area contributed by atoms with Crippen LogP contribution in [-0.2, 0) is 16.1 Å². The van der Waals surface area contributed by atoms with E-state index in [9.17, 15) is 14.7 Å². The van der Waals surface area contributed by atoms with Gasteiger partial charge in [0.05, 0.1) is 22.1 Å². The van der Waals surface area contributed by atoms with Gasteiger partial charge in [-0.2, -0.15) is 4.58 Å². The van der Waals surface area contributed by atoms with Gasteiger partial charge in [0, 0.05) is 46.7 Å². The molecular weight excluding hydrogens is 544 g/mol. The molecule has 1 aromatic heterocycles. The minimum absolute atomic E-state index is 0.0543. The Morgan fingerprint density at radius 3 is 2.16 bits per heavy atom. The first-order chi connectivity index (χ1) is 21.2. The molecule has 44 heavy (non-hydrogen) atoms. The lowest BCUT2D eigenvalue weighted by Gasteiger charge is -2.09. The number of rotatable bonds is 8. The topological polar surface area (TPSA) is 62.3 Å². The number of hydrogen-bond donors (Lipinski definition) is 1. The molecule has 0 saturated heterocycles. The molecule has 0 radical (unpaired) electrons. The number of hydrogen-bond acceptors (Lipinski definition) is 3. The molecule has 0 amide bonds. The zero-order valence-corrected chi connectivity index (χ0v) is 25.7. The summed E-state index contributed by atoms with van der Waals surface area (Å²) in [6.45, 7) is 10.3. The van der Waals surface area contributed by atoms with Gasteiger partial charge in [-0.1, -0.05) is 82.3 Å². The first kappa shape index (κ1) is 28.0. The monoisotopic (exact) mass is 581 g/mol. The first-order valence-corrected chi connectivity index (χ1v) is 15.7. The van der Waals surface area contributed by atoms with Crippen molar-refractivity contribution in [2.24, 2.45) is 11.8 Å². The van der Waals surface area contributed by atoms with Crippen LogP contribution in [0.1, 0.15) is 46.1 Å². The second kappa shape index (κ2) is 10.7. The molecule has 1 aliphatic carbocycles. The van der Waals surface area contributed by atoms with Gasteiger partial charge in [-0.05, 0) is 47.2 Å². The molecule has 2 heterocycles. The van der Waals surface area contributed by atoms with E-state index in [4.69, 9.17) is 0 Å². The van der Waals surface area contributed by atoms with Crippen LogP contribution in [0.25, 0.3) is 38.5 Å². The molecule has 0 saturated carbocycles. The van der Waals surface area contributed by atoms with E-state index < -0.39 is 11.6 Å². The lowest BCUT2D eigenvalue weighted by atomic mass is 10.0. The highest BCUT2D eigenvalue weighted by atomic mass is 16.3. The number of allylic oxidation sites excluding steroid dienone is 3. The van der Waals surface area contributed by atoms with Crippen molar-refractivity contribution in [2.45, 2.75) is 47.1 Å². The van der Waals surface area contributed by atoms with Crippen LogP contribution in [0.3, 0.4) is 0 Å². The molecule has 0 atom stereocenters. The highest BCUT2D eigenvalue weighted by Crippen LogP contribution is 2.37. The zero-order valence-electron chi connectivity index (χ0n) is 25.7. The average Bonchev–Trinajstić information content (AvgIpc) is 3.56. The van der Waals surface area contributed by atoms with Gasteiger partial charge < -0.3 is 9.67 Å². The molecule has 0 bridgehead atoms. The zero-order chi connectivity index (χ0) is 30.7. The first-order valence-electron chi connectivity index (χ1n) is 15.7. The lowest BCUT2D eigenvalue weighted by Crippen LogP contribution is -2.19. The van der Waals surface area contributed by atoms with Gasteiger partial charge in [0.25, 0.3) is 0 Å². The summed E-state index contributed by atoms with van der Waals surface area (Å²) in [6.07, 6.45) is 5.39. The van der Waals surface area contributed by atoms with E-state index in [0.29, 0.717) is 11.8 Å². The standard InChI is InChI=1S/C39H36N2O3/c1-23(2)17-19-40-31-15-7-11-25-9-5-13-27(35(25)31)33(40)21-29-37(42)30(39(44)38(29)43)22-34-28-14-6-10-26-12-8-16-32(36(26)28)41(34)20-18-24(3)4/h5-16,21-24H,17-20H2,1-4H3/p+1. The maximum Gasteiger partial charge on any atom is 0.237 e. The van der Waals surface area contributed by atoms with Gasteiger partial charge in [0.15, 0.2) is 0 Å². The highest BCUT2D eigenvalue weighted by molar-refractivity contribution is 6.55. The van der Waals surface area contributed by atoms with E-state index in [1.54, 1.807) is 12.2 Å². The molecule has 7 rings (SSSR count). The molecule has 1 aliphatic heterocycles. The van der Waals surface area contributed by atoms with Gasteiger partial charge in [0.1, 0.15) is 12.3 Å². The molecule has 5 aromatic rings. The van der Waals surface area contributed by atoms with E-state index in [-0.39, 0.29) is 16.9 Å². The van der Waals surface area contributed by atoms with Crippen LogP contribution in [0.2, 0.25) is 0 Å². The number of ketones is 2. The van der Waals surface area contributed by atoms with E-state index >= 15 is 0 Å². The van der Waals surface area contributed by atoms with Crippen LogP contribution in [-0.4, -0.2) is 38.1 Å². The normalized spacial score (nSPS) is 16.7. The van der Waals surface area contributed by atoms with Crippen molar-refractivity contribution in [2.75, 3.05) is 6.54 Å². The number of benzene rings is 4. The molecular formula is C39H37N2O3+. The molecule has 0 spiro atoms. The van der Waals surface area contributed by atoms with Crippen molar-refractivity contribution in [3.05, 3.63) is 107 Å². The summed E-state index contributed by atoms with van der Waals surface area (Å²) in [6, 6.07) is 24.8. The molecule has 4 aromatic carbocycles. The minimum atomic E-state index is -0.670. The summed E-state index contributed by atoms with van der Waals surface area (Å²) < 4.78 is 4.46. The van der Waals surface area contributed by atoms with Crippen molar-refractivity contribution < 1.29 is 19.3 Å². The van der Waals surface area contributed by atoms with Gasteiger partial charge in [-0.15, -0.1) is 0 Å². The average molecular weight is 582 g/mol. The maximum absolute atomic E-state index is 13.6. The van der Waals surface area contributed by atoms with Crippen molar-refractivity contribution in [1.82, 2.24) is 4.57 Å². The molecule has 5 heteroatoms. The van der Waals surface area contributed by atoms with Crippen molar-refractivity contribution >= 4 is 61.5 Å². The number of aliphatic hydroxyl groups excluding tert-OH is 1. The highest BCUT2D eigenvalue weighted by Gasteiger charge is 2.39. The Balaban J connectivity index is 1.43. The van der Waals surface area contributed by atoms with Crippen LogP contribution in [0, 0.1) is 11.8 Å². The van der Waals surface area contributed by atoms with Crippen LogP contribution < -0.4 is 5.35 Å². The number of nitrogens with zero attached hydrogens (tertiary/aromatic N) is 2. The third-order valence-electron chi connectivity index (χ3n) is 9.11. The number of aliphatic hydroxyl groups is 1. The van der Waals surface area contributed by atoms with Gasteiger partial charge in [0.2, 0.25) is 23.0 Å². The summed E-state index contributed by atoms with van der Waals surface area (Å²) >= 11 is 0. The summed E-state index contributed by atoms with van der Waals surface area (Å²) in [5.41, 5.74) is 4.13. The third kappa shape index (κ3) is 4.41. The fourth-order valence-electron chi connectivity index (χ4n) is 6.78. The van der Waals surface area contributed by atoms with E-state index in [1.165, 1.54) is 0 Å². The molecule has 0 fully saturated rings. The van der Waals surface area contributed by atoms with Gasteiger partial charge >= 0.3 is 0 Å². The van der Waals surface area contributed by atoms with E-state index in [1.807, 2.05) is 12.1 Å². The number of carbonyl (C=O) groups excluding carboxylic acids is 2. The summed E-state index contributed by atoms with van der Waals surface area (Å²) in [5, 5.41) is 18.0. The Hall–Kier alpha value is -4.77. The summed E-state index contributed by atoms with van der Waals surface area (Å²) in [4.78, 5) is 27.2. The lowest BCUT2D eigenvalue weighted by molar-refractivity contribution is -0.437. The second-order valence-corrected chi connectivity index (χ2v) is 12.9. The number of Topliss-reactive ketones (excluding diaryl/α,β-unsaturated/α-hetero) is 2. The Bertz CT molecular complexity index is 2160.